The quantitative estimate of drug-likeness (QED) is 0.0380. The van der Waals surface area contributed by atoms with E-state index in [2.05, 4.69) is 26.3 Å². The number of aliphatic hydroxyl groups excluding tert-OH is 1. The average molecular weight is 884 g/mol. The fraction of sp³-hybridized carbons (Fsp3) is 0.458. The molecule has 1 saturated heterocycles. The Bertz CT molecular complexity index is 2170. The van der Waals surface area contributed by atoms with Gasteiger partial charge in [-0.25, -0.2) is 9.37 Å². The standard InChI is InChI=1S/C48H62FN7O6S/c1-31-43(63-30-52-31)33-17-15-32(16-18-33)27-51-45(60)35-25-38(57)29-56(28-35)47(62)44(48(2,3)4)55-42(59)14-12-10-8-6-5-7-9-11-13-41(58)53-37-22-19-34(20-23-37)46(61)54-40-24-21-36(49)26-39(40)50/h15-24,26,30,35,38,44,57H,5-14,25,27-29,50H2,1-4H3,(H,51,60)(H,53,58)(H,54,61)(H,55,59)/t35-,38-,44-/m1/s1. The highest BCUT2D eigenvalue weighted by molar-refractivity contribution is 7.13. The smallest absolute Gasteiger partial charge is 0.255 e. The Morgan fingerprint density at radius 2 is 1.49 bits per heavy atom. The van der Waals surface area contributed by atoms with Gasteiger partial charge in [0.05, 0.1) is 39.5 Å². The van der Waals surface area contributed by atoms with E-state index in [1.807, 2.05) is 57.5 Å². The van der Waals surface area contributed by atoms with Gasteiger partial charge in [-0.05, 0) is 85.2 Å². The second-order valence-electron chi connectivity index (χ2n) is 17.5. The number of hydrogen-bond donors (Lipinski definition) is 6. The molecule has 338 valence electrons. The summed E-state index contributed by atoms with van der Waals surface area (Å²) in [5.41, 5.74) is 11.4. The maximum absolute atomic E-state index is 13.9. The van der Waals surface area contributed by atoms with Gasteiger partial charge in [0.1, 0.15) is 11.9 Å². The summed E-state index contributed by atoms with van der Waals surface area (Å²) < 4.78 is 13.3. The number of piperidine rings is 1. The predicted molar refractivity (Wildman–Crippen MR) is 246 cm³/mol. The zero-order chi connectivity index (χ0) is 45.5. The number of carbonyl (C=O) groups is 5. The Hall–Kier alpha value is -5.67. The van der Waals surface area contributed by atoms with Gasteiger partial charge < -0.3 is 37.0 Å². The zero-order valence-electron chi connectivity index (χ0n) is 36.8. The van der Waals surface area contributed by atoms with Crippen molar-refractivity contribution >= 4 is 57.9 Å². The Morgan fingerprint density at radius 3 is 2.10 bits per heavy atom. The van der Waals surface area contributed by atoms with E-state index in [0.717, 1.165) is 72.7 Å². The third-order valence-corrected chi connectivity index (χ3v) is 12.2. The van der Waals surface area contributed by atoms with Crippen LogP contribution in [0.15, 0.2) is 72.2 Å². The number of aryl methyl sites for hydroxylation is 1. The van der Waals surface area contributed by atoms with Gasteiger partial charge in [-0.15, -0.1) is 11.3 Å². The molecule has 15 heteroatoms. The van der Waals surface area contributed by atoms with E-state index in [-0.39, 0.29) is 48.8 Å². The Morgan fingerprint density at radius 1 is 0.857 bits per heavy atom. The Balaban J connectivity index is 0.934. The van der Waals surface area contributed by atoms with Crippen LogP contribution >= 0.6 is 11.3 Å². The van der Waals surface area contributed by atoms with Crippen LogP contribution in [0, 0.1) is 24.1 Å². The molecule has 63 heavy (non-hydrogen) atoms. The lowest BCUT2D eigenvalue weighted by Gasteiger charge is -2.40. The number of aromatic nitrogens is 1. The number of halogens is 1. The molecule has 0 saturated carbocycles. The third-order valence-electron chi connectivity index (χ3n) is 11.2. The van der Waals surface area contributed by atoms with Crippen molar-refractivity contribution in [3.05, 3.63) is 94.9 Å². The summed E-state index contributed by atoms with van der Waals surface area (Å²) in [6, 6.07) is 17.4. The molecule has 0 bridgehead atoms. The summed E-state index contributed by atoms with van der Waals surface area (Å²) in [6.45, 7) is 8.26. The molecule has 0 aliphatic carbocycles. The first kappa shape index (κ1) is 48.4. The fourth-order valence-electron chi connectivity index (χ4n) is 7.60. The van der Waals surface area contributed by atoms with Crippen molar-refractivity contribution in [1.29, 1.82) is 0 Å². The van der Waals surface area contributed by atoms with Crippen LogP contribution in [0.5, 0.6) is 0 Å². The molecule has 3 aromatic carbocycles. The largest absolute Gasteiger partial charge is 0.397 e. The predicted octanol–water partition coefficient (Wildman–Crippen LogP) is 7.99. The zero-order valence-corrected chi connectivity index (χ0v) is 37.6. The van der Waals surface area contributed by atoms with Gasteiger partial charge in [0.25, 0.3) is 5.91 Å². The van der Waals surface area contributed by atoms with Crippen molar-refractivity contribution in [2.75, 3.05) is 29.5 Å². The third kappa shape index (κ3) is 15.0. The fourth-order valence-corrected chi connectivity index (χ4v) is 8.41. The Kier molecular flexibility index (Phi) is 17.8. The number of amides is 5. The number of thiazole rings is 1. The number of nitrogen functional groups attached to an aromatic ring is 1. The second kappa shape index (κ2) is 23.1. The summed E-state index contributed by atoms with van der Waals surface area (Å²) in [4.78, 5) is 72.2. The number of aliphatic hydroxyl groups is 1. The number of carbonyl (C=O) groups excluding carboxylic acids is 5. The number of nitrogens with zero attached hydrogens (tertiary/aromatic N) is 2. The number of nitrogens with two attached hydrogens (primary N) is 1. The van der Waals surface area contributed by atoms with Gasteiger partial charge in [0, 0.05) is 43.7 Å². The molecule has 5 amide bonds. The lowest BCUT2D eigenvalue weighted by atomic mass is 9.84. The molecule has 7 N–H and O–H groups in total. The molecule has 1 aliphatic rings. The van der Waals surface area contributed by atoms with Gasteiger partial charge in [-0.1, -0.05) is 83.6 Å². The number of nitrogens with one attached hydrogen (secondary N) is 4. The van der Waals surface area contributed by atoms with Crippen LogP contribution in [0.25, 0.3) is 10.4 Å². The Labute approximate surface area is 373 Å². The summed E-state index contributed by atoms with van der Waals surface area (Å²) in [5.74, 6) is -2.29. The molecular weight excluding hydrogens is 822 g/mol. The van der Waals surface area contributed by atoms with Crippen molar-refractivity contribution in [3.8, 4) is 10.4 Å². The van der Waals surface area contributed by atoms with Crippen LogP contribution in [0.1, 0.15) is 113 Å². The number of unbranched alkanes of at least 4 members (excludes halogenated alkanes) is 7. The summed E-state index contributed by atoms with van der Waals surface area (Å²) in [7, 11) is 0. The van der Waals surface area contributed by atoms with E-state index in [1.54, 1.807) is 35.6 Å². The first-order chi connectivity index (χ1) is 30.1. The number of benzene rings is 3. The summed E-state index contributed by atoms with van der Waals surface area (Å²) in [6.07, 6.45) is 7.39. The van der Waals surface area contributed by atoms with Crippen molar-refractivity contribution in [1.82, 2.24) is 20.5 Å². The van der Waals surface area contributed by atoms with Gasteiger partial charge in [0.15, 0.2) is 0 Å². The van der Waals surface area contributed by atoms with Crippen LogP contribution in [0.4, 0.5) is 21.5 Å². The highest BCUT2D eigenvalue weighted by atomic mass is 32.1. The van der Waals surface area contributed by atoms with Crippen molar-refractivity contribution in [2.24, 2.45) is 11.3 Å². The van der Waals surface area contributed by atoms with E-state index in [1.165, 1.54) is 17.0 Å². The minimum atomic E-state index is -0.854. The monoisotopic (exact) mass is 883 g/mol. The molecule has 13 nitrogen and oxygen atoms in total. The van der Waals surface area contributed by atoms with Crippen LogP contribution < -0.4 is 27.0 Å². The topological polar surface area (TPSA) is 196 Å². The number of rotatable bonds is 20. The maximum Gasteiger partial charge on any atom is 0.255 e. The maximum atomic E-state index is 13.9. The lowest BCUT2D eigenvalue weighted by molar-refractivity contribution is -0.145. The summed E-state index contributed by atoms with van der Waals surface area (Å²) >= 11 is 1.58. The highest BCUT2D eigenvalue weighted by Gasteiger charge is 2.40. The summed E-state index contributed by atoms with van der Waals surface area (Å²) in [5, 5.41) is 22.2. The normalized spacial score (nSPS) is 15.6. The number of β-amino-alcohol motifs (C(OH)–C–C–N with tert-alkyl or cyclic N) is 1. The lowest BCUT2D eigenvalue weighted by Crippen LogP contribution is -2.59. The van der Waals surface area contributed by atoms with Crippen LogP contribution in [-0.2, 0) is 25.7 Å². The van der Waals surface area contributed by atoms with Crippen LogP contribution in [0.2, 0.25) is 0 Å². The molecule has 3 atom stereocenters. The van der Waals surface area contributed by atoms with E-state index >= 15 is 0 Å². The highest BCUT2D eigenvalue weighted by Crippen LogP contribution is 2.28. The van der Waals surface area contributed by atoms with Gasteiger partial charge >= 0.3 is 0 Å². The van der Waals surface area contributed by atoms with E-state index in [9.17, 15) is 33.5 Å². The molecule has 0 unspecified atom stereocenters. The molecule has 1 fully saturated rings. The first-order valence-corrected chi connectivity index (χ1v) is 22.7. The van der Waals surface area contributed by atoms with Crippen LogP contribution in [-0.4, -0.2) is 69.8 Å². The van der Waals surface area contributed by atoms with Crippen molar-refractivity contribution in [2.45, 2.75) is 117 Å². The number of hydrogen-bond acceptors (Lipinski definition) is 9. The number of anilines is 3. The molecule has 1 aliphatic heterocycles. The van der Waals surface area contributed by atoms with Gasteiger partial charge in [0.2, 0.25) is 23.6 Å². The molecule has 0 radical (unpaired) electrons. The molecule has 0 spiro atoms. The van der Waals surface area contributed by atoms with Crippen LogP contribution in [0.3, 0.4) is 0 Å². The minimum Gasteiger partial charge on any atom is -0.397 e. The molecule has 5 rings (SSSR count). The van der Waals surface area contributed by atoms with E-state index < -0.39 is 35.2 Å². The van der Waals surface area contributed by atoms with Crippen molar-refractivity contribution in [3.63, 3.8) is 0 Å². The van der Waals surface area contributed by atoms with E-state index in [0.29, 0.717) is 42.7 Å². The second-order valence-corrected chi connectivity index (χ2v) is 18.4. The molecular formula is C48H62FN7O6S. The molecule has 4 aromatic rings. The molecule has 1 aromatic heterocycles. The number of likely N-dealkylation sites (tertiary alicyclic amines) is 1. The average Bonchev–Trinajstić information content (AvgIpc) is 3.68. The van der Waals surface area contributed by atoms with Gasteiger partial charge in [-0.2, -0.15) is 0 Å². The first-order valence-electron chi connectivity index (χ1n) is 21.9. The van der Waals surface area contributed by atoms with E-state index in [4.69, 9.17) is 5.73 Å². The van der Waals surface area contributed by atoms with Gasteiger partial charge in [-0.3, -0.25) is 24.0 Å². The molecule has 2 heterocycles. The minimum absolute atomic E-state index is 0.0998. The SMILES string of the molecule is Cc1ncsc1-c1ccc(CNC(=O)[C@@H]2C[C@@H](O)CN(C(=O)[C@@H](NC(=O)CCCCCCCCCCC(=O)Nc3ccc(C(=O)Nc4ccc(F)cc4N)cc3)C(C)(C)C)C2)cc1. The van der Waals surface area contributed by atoms with Crippen molar-refractivity contribution < 1.29 is 33.5 Å².